The largest absolute Gasteiger partial charge is 0.497 e. The molecule has 6 rings (SSSR count). The van der Waals surface area contributed by atoms with Crippen molar-refractivity contribution in [3.8, 4) is 5.75 Å². The molecule has 3 aromatic rings. The van der Waals surface area contributed by atoms with Gasteiger partial charge in [0.15, 0.2) is 8.32 Å². The maximum atomic E-state index is 14.1. The lowest BCUT2D eigenvalue weighted by molar-refractivity contribution is -0.130. The van der Waals surface area contributed by atoms with Crippen molar-refractivity contribution in [1.82, 2.24) is 0 Å². The average Bonchev–Trinajstić information content (AvgIpc) is 3.66. The number of fused-ring (bicyclic) bond motifs is 3. The monoisotopic (exact) mass is 726 g/mol. The molecule has 3 fully saturated rings. The first kappa shape index (κ1) is 38.2. The quantitative estimate of drug-likeness (QED) is 0.138. The van der Waals surface area contributed by atoms with Crippen LogP contribution in [-0.2, 0) is 25.0 Å². The van der Waals surface area contributed by atoms with Gasteiger partial charge in [-0.3, -0.25) is 4.79 Å². The van der Waals surface area contributed by atoms with Crippen molar-refractivity contribution in [3.05, 3.63) is 90.5 Å². The number of carbonyl (C=O) groups is 1. The second-order valence-electron chi connectivity index (χ2n) is 18.1. The first-order chi connectivity index (χ1) is 24.1. The van der Waals surface area contributed by atoms with Gasteiger partial charge in [-0.05, 0) is 101 Å². The van der Waals surface area contributed by atoms with Crippen molar-refractivity contribution in [3.63, 3.8) is 0 Å². The van der Waals surface area contributed by atoms with Gasteiger partial charge < -0.3 is 18.3 Å². The van der Waals surface area contributed by atoms with Crippen molar-refractivity contribution < 1.29 is 23.1 Å². The fraction of sp³-hybridized carbons (Fsp3) is 0.568. The molecule has 3 aromatic carbocycles. The summed E-state index contributed by atoms with van der Waals surface area (Å²) in [6.45, 7) is 19.9. The lowest BCUT2D eigenvalue weighted by Crippen LogP contribution is -2.68. The number of ketones is 1. The van der Waals surface area contributed by atoms with Gasteiger partial charge in [0.25, 0.3) is 8.32 Å². The Hall–Kier alpha value is -2.56. The molecule has 51 heavy (non-hydrogen) atoms. The molecule has 3 aliphatic rings. The second kappa shape index (κ2) is 15.1. The Morgan fingerprint density at radius 1 is 0.706 bits per heavy atom. The SMILES string of the molecule is COc1ccc(COCC[C@@H]2[C@@H]3CC(=O)[C@H]4C[C@@H](O[Si](C)(C)C(C)(C)C)C[C@H]4[C@@H]3C[C@H]2O[Si](c2ccccc2)(c2ccccc2)C(C)(C)C)cc1. The van der Waals surface area contributed by atoms with Gasteiger partial charge in [-0.15, -0.1) is 0 Å². The van der Waals surface area contributed by atoms with Gasteiger partial charge in [-0.25, -0.2) is 0 Å². The number of methoxy groups -OCH3 is 1. The van der Waals surface area contributed by atoms with Crippen molar-refractivity contribution in [2.75, 3.05) is 13.7 Å². The van der Waals surface area contributed by atoms with E-state index in [-0.39, 0.29) is 34.1 Å². The van der Waals surface area contributed by atoms with Crippen molar-refractivity contribution in [2.24, 2.45) is 29.6 Å². The zero-order valence-electron chi connectivity index (χ0n) is 32.6. The number of carbonyl (C=O) groups excluding carboxylic acids is 1. The topological polar surface area (TPSA) is 54.0 Å². The molecular weight excluding hydrogens is 665 g/mol. The number of benzene rings is 3. The highest BCUT2D eigenvalue weighted by Gasteiger charge is 2.60. The van der Waals surface area contributed by atoms with Crippen LogP contribution in [-0.4, -0.2) is 48.3 Å². The molecule has 0 N–H and O–H groups in total. The molecule has 0 aliphatic heterocycles. The molecule has 0 bridgehead atoms. The highest BCUT2D eigenvalue weighted by molar-refractivity contribution is 6.99. The zero-order valence-corrected chi connectivity index (χ0v) is 34.6. The third-order valence-electron chi connectivity index (χ3n) is 13.1. The Balaban J connectivity index is 1.31. The number of Topliss-reactive ketones (excluding diaryl/α,β-unsaturated/α-hetero) is 1. The summed E-state index contributed by atoms with van der Waals surface area (Å²) in [5.41, 5.74) is 1.13. The van der Waals surface area contributed by atoms with Gasteiger partial charge in [-0.1, -0.05) is 114 Å². The van der Waals surface area contributed by atoms with E-state index in [0.29, 0.717) is 43.2 Å². The van der Waals surface area contributed by atoms with Crippen LogP contribution in [0.25, 0.3) is 0 Å². The highest BCUT2D eigenvalue weighted by Crippen LogP contribution is 2.58. The molecule has 0 spiro atoms. The van der Waals surface area contributed by atoms with Crippen LogP contribution < -0.4 is 15.1 Å². The van der Waals surface area contributed by atoms with Crippen LogP contribution in [0.1, 0.15) is 79.2 Å². The summed E-state index contributed by atoms with van der Waals surface area (Å²) in [5.74, 6) is 2.79. The Morgan fingerprint density at radius 2 is 1.31 bits per heavy atom. The predicted molar refractivity (Wildman–Crippen MR) is 213 cm³/mol. The van der Waals surface area contributed by atoms with Crippen LogP contribution in [0.4, 0.5) is 0 Å². The molecule has 3 aliphatic carbocycles. The van der Waals surface area contributed by atoms with E-state index in [9.17, 15) is 4.79 Å². The van der Waals surface area contributed by atoms with E-state index < -0.39 is 16.6 Å². The summed E-state index contributed by atoms with van der Waals surface area (Å²) in [6.07, 6.45) is 4.64. The summed E-state index contributed by atoms with van der Waals surface area (Å²) >= 11 is 0. The molecule has 0 radical (unpaired) electrons. The van der Waals surface area contributed by atoms with Gasteiger partial charge in [0.2, 0.25) is 0 Å². The van der Waals surface area contributed by atoms with Crippen molar-refractivity contribution in [2.45, 2.75) is 116 Å². The Labute approximate surface area is 310 Å². The van der Waals surface area contributed by atoms with Gasteiger partial charge >= 0.3 is 0 Å². The van der Waals surface area contributed by atoms with E-state index in [4.69, 9.17) is 18.3 Å². The van der Waals surface area contributed by atoms with Gasteiger partial charge in [0.1, 0.15) is 11.5 Å². The summed E-state index contributed by atoms with van der Waals surface area (Å²) < 4.78 is 26.7. The fourth-order valence-electron chi connectivity index (χ4n) is 9.53. The lowest BCUT2D eigenvalue weighted by Gasteiger charge is -2.46. The van der Waals surface area contributed by atoms with Crippen LogP contribution in [0, 0.1) is 29.6 Å². The van der Waals surface area contributed by atoms with Gasteiger partial charge in [0, 0.05) is 31.2 Å². The molecule has 7 heteroatoms. The standard InChI is InChI=1S/C44H62O5Si2/c1-43(2,3)50(8,9)48-33-26-37-39-29-42(49-51(44(4,5)6,34-16-12-10-13-17-34)35-18-14-11-15-19-35)36(38(39)28-41(45)40(37)27-33)24-25-47-30-31-20-22-32(46-7)23-21-31/h10-23,33,36-40,42H,24-30H2,1-9H3/t33-,36+,37-,38-,39-,40-,42+/m0/s1. The maximum absolute atomic E-state index is 14.1. The average molecular weight is 727 g/mol. The number of rotatable bonds is 12. The summed E-state index contributed by atoms with van der Waals surface area (Å²) in [7, 11) is -3.07. The second-order valence-corrected chi connectivity index (χ2v) is 27.2. The maximum Gasteiger partial charge on any atom is 0.261 e. The van der Waals surface area contributed by atoms with Crippen LogP contribution in [0.5, 0.6) is 5.75 Å². The summed E-state index contributed by atoms with van der Waals surface area (Å²) in [4.78, 5) is 14.1. The molecule has 7 atom stereocenters. The molecule has 276 valence electrons. The molecule has 0 saturated heterocycles. The Morgan fingerprint density at radius 3 is 1.86 bits per heavy atom. The van der Waals surface area contributed by atoms with E-state index >= 15 is 0 Å². The lowest BCUT2D eigenvalue weighted by atomic mass is 9.67. The molecule has 0 unspecified atom stereocenters. The number of hydrogen-bond donors (Lipinski definition) is 0. The van der Waals surface area contributed by atoms with Gasteiger partial charge in [-0.2, -0.15) is 0 Å². The number of hydrogen-bond acceptors (Lipinski definition) is 5. The summed E-state index contributed by atoms with van der Waals surface area (Å²) in [5, 5.41) is 2.65. The number of ether oxygens (including phenoxy) is 2. The minimum Gasteiger partial charge on any atom is -0.497 e. The molecular formula is C44H62O5Si2. The van der Waals surface area contributed by atoms with E-state index in [2.05, 4.69) is 127 Å². The Kier molecular flexibility index (Phi) is 11.3. The molecule has 0 aromatic heterocycles. The first-order valence-corrected chi connectivity index (χ1v) is 24.2. The van der Waals surface area contributed by atoms with Crippen LogP contribution in [0.15, 0.2) is 84.9 Å². The van der Waals surface area contributed by atoms with E-state index in [0.717, 1.165) is 37.0 Å². The molecule has 5 nitrogen and oxygen atoms in total. The van der Waals surface area contributed by atoms with Crippen LogP contribution in [0.3, 0.4) is 0 Å². The van der Waals surface area contributed by atoms with Crippen LogP contribution in [0.2, 0.25) is 23.2 Å². The van der Waals surface area contributed by atoms with E-state index in [1.807, 2.05) is 12.1 Å². The van der Waals surface area contributed by atoms with Crippen LogP contribution >= 0.6 is 0 Å². The third-order valence-corrected chi connectivity index (χ3v) is 22.7. The van der Waals surface area contributed by atoms with E-state index in [1.54, 1.807) is 7.11 Å². The minimum atomic E-state index is -2.80. The highest BCUT2D eigenvalue weighted by atomic mass is 28.4. The van der Waals surface area contributed by atoms with Crippen molar-refractivity contribution >= 4 is 32.8 Å². The smallest absolute Gasteiger partial charge is 0.261 e. The fourth-order valence-corrected chi connectivity index (χ4v) is 15.6. The Bertz CT molecular complexity index is 1550. The molecule has 0 amide bonds. The molecule has 0 heterocycles. The van der Waals surface area contributed by atoms with Gasteiger partial charge in [0.05, 0.1) is 13.7 Å². The third kappa shape index (κ3) is 7.75. The zero-order chi connectivity index (χ0) is 36.6. The summed E-state index contributed by atoms with van der Waals surface area (Å²) in [6, 6.07) is 30.2. The minimum absolute atomic E-state index is 0.0443. The molecule has 3 saturated carbocycles. The first-order valence-electron chi connectivity index (χ1n) is 19.3. The van der Waals surface area contributed by atoms with Crippen molar-refractivity contribution in [1.29, 1.82) is 0 Å². The normalized spacial score (nSPS) is 26.9. The van der Waals surface area contributed by atoms with E-state index in [1.165, 1.54) is 10.4 Å². The predicted octanol–water partition coefficient (Wildman–Crippen LogP) is 9.19.